The highest BCUT2D eigenvalue weighted by atomic mass is 79.9. The van der Waals surface area contributed by atoms with E-state index in [1.54, 1.807) is 74.9 Å². The van der Waals surface area contributed by atoms with Crippen molar-refractivity contribution in [3.05, 3.63) is 76.5 Å². The van der Waals surface area contributed by atoms with Gasteiger partial charge in [0, 0.05) is 18.0 Å². The van der Waals surface area contributed by atoms with Crippen LogP contribution in [-0.2, 0) is 4.79 Å². The summed E-state index contributed by atoms with van der Waals surface area (Å²) >= 11 is 3.26. The number of likely N-dealkylation sites (N-methyl/N-ethyl adjacent to an activating group) is 1. The van der Waals surface area contributed by atoms with Gasteiger partial charge in [0.2, 0.25) is 0 Å². The molecule has 2 aromatic carbocycles. The number of hydrogen-bond acceptors (Lipinski definition) is 7. The summed E-state index contributed by atoms with van der Waals surface area (Å²) in [5, 5.41) is 2.67. The number of carbonyl (C=O) groups excluding carboxylic acids is 3. The third kappa shape index (κ3) is 6.34. The Morgan fingerprint density at radius 1 is 1.03 bits per heavy atom. The number of hydrazine groups is 1. The molecule has 3 aromatic rings. The molecule has 3 rings (SSSR count). The fourth-order valence-corrected chi connectivity index (χ4v) is 2.96. The van der Waals surface area contributed by atoms with Crippen LogP contribution in [0.1, 0.15) is 15.9 Å². The van der Waals surface area contributed by atoms with Gasteiger partial charge in [-0.15, -0.1) is 0 Å². The van der Waals surface area contributed by atoms with Crippen LogP contribution in [0.4, 0.5) is 10.5 Å². The first-order chi connectivity index (χ1) is 15.9. The lowest BCUT2D eigenvalue weighted by Crippen LogP contribution is -2.52. The highest BCUT2D eigenvalue weighted by Crippen LogP contribution is 2.28. The van der Waals surface area contributed by atoms with Crippen molar-refractivity contribution in [2.75, 3.05) is 18.5 Å². The van der Waals surface area contributed by atoms with E-state index in [1.165, 1.54) is 0 Å². The zero-order valence-corrected chi connectivity index (χ0v) is 19.4. The molecular formula is C22H21BrN6O4. The molecule has 3 N–H and O–H groups in total. The quantitative estimate of drug-likeness (QED) is 0.433. The molecule has 11 heteroatoms. The van der Waals surface area contributed by atoms with Gasteiger partial charge in [-0.3, -0.25) is 15.0 Å². The van der Waals surface area contributed by atoms with Crippen LogP contribution in [-0.4, -0.2) is 41.4 Å². The Morgan fingerprint density at radius 3 is 2.36 bits per heavy atom. The molecular weight excluding hydrogens is 492 g/mol. The van der Waals surface area contributed by atoms with Crippen LogP contribution in [0.5, 0.6) is 11.8 Å². The first-order valence-electron chi connectivity index (χ1n) is 9.78. The molecule has 0 bridgehead atoms. The molecule has 0 aliphatic rings. The van der Waals surface area contributed by atoms with Gasteiger partial charge < -0.3 is 10.1 Å². The third-order valence-electron chi connectivity index (χ3n) is 4.29. The molecule has 0 aliphatic carbocycles. The lowest BCUT2D eigenvalue weighted by Gasteiger charge is -2.22. The number of anilines is 1. The molecule has 0 unspecified atom stereocenters. The number of nitrogens with one attached hydrogen (secondary N) is 3. The van der Waals surface area contributed by atoms with Crippen molar-refractivity contribution >= 4 is 39.5 Å². The standard InChI is InChI=1S/C22H21BrN6O4/c1-14-10-17(8-9-18(14)33-21-25-11-16(23)12-26-21)29(20(31)15-6-4-3-5-7-15)22(32)28-27-19(30)13-24-2/h3-12,24H,13H2,1-2H3,(H,27,30)(H,28,32). The molecule has 0 fully saturated rings. The number of halogens is 1. The normalized spacial score (nSPS) is 10.3. The summed E-state index contributed by atoms with van der Waals surface area (Å²) in [5.41, 5.74) is 5.75. The van der Waals surface area contributed by atoms with Crippen molar-refractivity contribution in [1.82, 2.24) is 26.1 Å². The van der Waals surface area contributed by atoms with Gasteiger partial charge in [0.15, 0.2) is 0 Å². The van der Waals surface area contributed by atoms with Crippen LogP contribution in [0.15, 0.2) is 65.4 Å². The molecule has 0 atom stereocenters. The third-order valence-corrected chi connectivity index (χ3v) is 4.70. The summed E-state index contributed by atoms with van der Waals surface area (Å²) in [6.45, 7) is 1.76. The lowest BCUT2D eigenvalue weighted by atomic mass is 10.1. The summed E-state index contributed by atoms with van der Waals surface area (Å²) in [4.78, 5) is 46.8. The summed E-state index contributed by atoms with van der Waals surface area (Å²) in [6, 6.07) is 12.4. The molecule has 1 aromatic heterocycles. The zero-order valence-electron chi connectivity index (χ0n) is 17.8. The first-order valence-corrected chi connectivity index (χ1v) is 10.6. The number of nitrogens with zero attached hydrogens (tertiary/aromatic N) is 3. The molecule has 10 nitrogen and oxygen atoms in total. The van der Waals surface area contributed by atoms with E-state index in [4.69, 9.17) is 4.74 Å². The van der Waals surface area contributed by atoms with Crippen molar-refractivity contribution in [3.63, 3.8) is 0 Å². The number of benzene rings is 2. The van der Waals surface area contributed by atoms with Crippen molar-refractivity contribution in [1.29, 1.82) is 0 Å². The van der Waals surface area contributed by atoms with Crippen LogP contribution in [0.3, 0.4) is 0 Å². The fraction of sp³-hybridized carbons (Fsp3) is 0.136. The molecule has 0 radical (unpaired) electrons. The van der Waals surface area contributed by atoms with Gasteiger partial charge >= 0.3 is 12.0 Å². The van der Waals surface area contributed by atoms with Crippen LogP contribution >= 0.6 is 15.9 Å². The smallest absolute Gasteiger partial charge is 0.347 e. The number of imide groups is 1. The Balaban J connectivity index is 1.88. The van der Waals surface area contributed by atoms with Gasteiger partial charge in [-0.1, -0.05) is 18.2 Å². The Bertz CT molecular complexity index is 1140. The van der Waals surface area contributed by atoms with E-state index >= 15 is 0 Å². The van der Waals surface area contributed by atoms with E-state index in [0.29, 0.717) is 21.3 Å². The number of amides is 4. The van der Waals surface area contributed by atoms with Crippen molar-refractivity contribution < 1.29 is 19.1 Å². The number of aromatic nitrogens is 2. The zero-order chi connectivity index (χ0) is 23.8. The number of hydrogen-bond donors (Lipinski definition) is 3. The van der Waals surface area contributed by atoms with Crippen LogP contribution in [0, 0.1) is 6.92 Å². The summed E-state index contributed by atoms with van der Waals surface area (Å²) in [6.07, 6.45) is 3.11. The summed E-state index contributed by atoms with van der Waals surface area (Å²) in [7, 11) is 1.60. The number of urea groups is 1. The second kappa shape index (κ2) is 11.2. The minimum Gasteiger partial charge on any atom is -0.424 e. The van der Waals surface area contributed by atoms with Crippen LogP contribution < -0.4 is 25.8 Å². The van der Waals surface area contributed by atoms with Gasteiger partial charge in [-0.2, -0.15) is 0 Å². The molecule has 170 valence electrons. The Kier molecular flexibility index (Phi) is 8.06. The molecule has 0 aliphatic heterocycles. The Hall–Kier alpha value is -3.83. The summed E-state index contributed by atoms with van der Waals surface area (Å²) in [5.74, 6) is -0.580. The molecule has 0 saturated carbocycles. The van der Waals surface area contributed by atoms with Gasteiger partial charge in [0.1, 0.15) is 5.75 Å². The molecule has 0 saturated heterocycles. The predicted octanol–water partition coefficient (Wildman–Crippen LogP) is 2.95. The largest absolute Gasteiger partial charge is 0.424 e. The molecule has 0 spiro atoms. The monoisotopic (exact) mass is 512 g/mol. The van der Waals surface area contributed by atoms with E-state index in [2.05, 4.69) is 42.1 Å². The van der Waals surface area contributed by atoms with Gasteiger partial charge in [0.05, 0.1) is 16.7 Å². The first kappa shape index (κ1) is 23.8. The van der Waals surface area contributed by atoms with E-state index in [1.807, 2.05) is 0 Å². The molecule has 1 heterocycles. The van der Waals surface area contributed by atoms with Crippen molar-refractivity contribution in [2.45, 2.75) is 6.92 Å². The van der Waals surface area contributed by atoms with Crippen molar-refractivity contribution in [3.8, 4) is 11.8 Å². The lowest BCUT2D eigenvalue weighted by molar-refractivity contribution is -0.120. The fourth-order valence-electron chi connectivity index (χ4n) is 2.76. The Labute approximate surface area is 198 Å². The maximum atomic E-state index is 13.2. The van der Waals surface area contributed by atoms with Gasteiger partial charge in [0.25, 0.3) is 11.8 Å². The van der Waals surface area contributed by atoms with Crippen molar-refractivity contribution in [2.24, 2.45) is 0 Å². The van der Waals surface area contributed by atoms with E-state index in [0.717, 1.165) is 4.90 Å². The molecule has 33 heavy (non-hydrogen) atoms. The second-order valence-electron chi connectivity index (χ2n) is 6.75. The number of carbonyl (C=O) groups is 3. The SMILES string of the molecule is CNCC(=O)NNC(=O)N(C(=O)c1ccccc1)c1ccc(Oc2ncc(Br)cn2)c(C)c1. The molecule has 4 amide bonds. The van der Waals surface area contributed by atoms with E-state index in [9.17, 15) is 14.4 Å². The minimum absolute atomic E-state index is 0.00379. The van der Waals surface area contributed by atoms with E-state index < -0.39 is 17.8 Å². The predicted molar refractivity (Wildman–Crippen MR) is 125 cm³/mol. The van der Waals surface area contributed by atoms with Gasteiger partial charge in [-0.25, -0.2) is 25.1 Å². The average molecular weight is 513 g/mol. The highest BCUT2D eigenvalue weighted by Gasteiger charge is 2.26. The maximum absolute atomic E-state index is 13.2. The van der Waals surface area contributed by atoms with E-state index in [-0.39, 0.29) is 18.2 Å². The number of ether oxygens (including phenoxy) is 1. The Morgan fingerprint density at radius 2 is 1.73 bits per heavy atom. The highest BCUT2D eigenvalue weighted by molar-refractivity contribution is 9.10. The van der Waals surface area contributed by atoms with Crippen LogP contribution in [0.2, 0.25) is 0 Å². The minimum atomic E-state index is -0.822. The summed E-state index contributed by atoms with van der Waals surface area (Å²) < 4.78 is 6.41. The topological polar surface area (TPSA) is 126 Å². The van der Waals surface area contributed by atoms with Crippen LogP contribution in [0.25, 0.3) is 0 Å². The number of rotatable bonds is 6. The number of aryl methyl sites for hydroxylation is 1. The maximum Gasteiger partial charge on any atom is 0.347 e. The average Bonchev–Trinajstić information content (AvgIpc) is 2.81. The van der Waals surface area contributed by atoms with Gasteiger partial charge in [-0.05, 0) is 65.8 Å². The second-order valence-corrected chi connectivity index (χ2v) is 7.67.